The average Bonchev–Trinajstić information content (AvgIpc) is 2.97. The third kappa shape index (κ3) is 2.16. The van der Waals surface area contributed by atoms with Gasteiger partial charge in [-0.3, -0.25) is 0 Å². The van der Waals surface area contributed by atoms with E-state index in [0.29, 0.717) is 28.1 Å². The van der Waals surface area contributed by atoms with Crippen molar-refractivity contribution in [2.24, 2.45) is 0 Å². The van der Waals surface area contributed by atoms with Crippen molar-refractivity contribution in [1.82, 2.24) is 9.97 Å². The molecule has 0 amide bonds. The Hall–Kier alpha value is -1.30. The van der Waals surface area contributed by atoms with Crippen LogP contribution in [-0.2, 0) is 6.54 Å². The maximum absolute atomic E-state index is 6.05. The van der Waals surface area contributed by atoms with Gasteiger partial charge in [0.15, 0.2) is 0 Å². The van der Waals surface area contributed by atoms with Crippen molar-refractivity contribution < 1.29 is 4.42 Å². The summed E-state index contributed by atoms with van der Waals surface area (Å²) in [5.74, 6) is 0.610. The highest BCUT2D eigenvalue weighted by atomic mass is 35.5. The topological polar surface area (TPSA) is 51.0 Å². The zero-order valence-electron chi connectivity index (χ0n) is 8.98. The smallest absolute Gasteiger partial charge is 0.213 e. The summed E-state index contributed by atoms with van der Waals surface area (Å²) in [7, 11) is 0. The molecule has 0 fully saturated rings. The Kier molecular flexibility index (Phi) is 3.11. The summed E-state index contributed by atoms with van der Waals surface area (Å²) in [6.07, 6.45) is 3.14. The maximum Gasteiger partial charge on any atom is 0.213 e. The van der Waals surface area contributed by atoms with Gasteiger partial charge in [0, 0.05) is 11.4 Å². The van der Waals surface area contributed by atoms with E-state index in [0.717, 1.165) is 10.4 Å². The van der Waals surface area contributed by atoms with Crippen LogP contribution in [0.5, 0.6) is 0 Å². The summed E-state index contributed by atoms with van der Waals surface area (Å²) in [5, 5.41) is 6.06. The molecule has 3 rings (SSSR count). The fraction of sp³-hybridized carbons (Fsp3) is 0.0909. The number of hydrogen-bond donors (Lipinski definition) is 1. The Morgan fingerprint density at radius 1 is 1.39 bits per heavy atom. The van der Waals surface area contributed by atoms with E-state index in [1.54, 1.807) is 12.3 Å². The molecule has 0 aliphatic heterocycles. The summed E-state index contributed by atoms with van der Waals surface area (Å²) < 4.78 is 6.13. The number of nitrogens with zero attached hydrogens (tertiary/aromatic N) is 2. The Labute approximate surface area is 117 Å². The molecule has 0 bridgehead atoms. The predicted octanol–water partition coefficient (Wildman–Crippen LogP) is 4.20. The van der Waals surface area contributed by atoms with Gasteiger partial charge in [-0.25, -0.2) is 9.97 Å². The fourth-order valence-electron chi connectivity index (χ4n) is 1.59. The lowest BCUT2D eigenvalue weighted by Gasteiger charge is -2.05. The van der Waals surface area contributed by atoms with Gasteiger partial charge in [-0.2, -0.15) is 0 Å². The second kappa shape index (κ2) is 4.76. The largest absolute Gasteiger partial charge is 0.447 e. The monoisotopic (exact) mass is 299 g/mol. The summed E-state index contributed by atoms with van der Waals surface area (Å²) in [6.45, 7) is 0.484. The van der Waals surface area contributed by atoms with Crippen LogP contribution < -0.4 is 5.32 Å². The van der Waals surface area contributed by atoms with Crippen molar-refractivity contribution in [2.45, 2.75) is 6.54 Å². The third-order valence-electron chi connectivity index (χ3n) is 2.36. The van der Waals surface area contributed by atoms with Crippen LogP contribution in [0, 0.1) is 0 Å². The Balaban J connectivity index is 1.95. The molecule has 92 valence electrons. The van der Waals surface area contributed by atoms with E-state index in [2.05, 4.69) is 15.3 Å². The number of thiophene rings is 1. The van der Waals surface area contributed by atoms with E-state index in [9.17, 15) is 0 Å². The van der Waals surface area contributed by atoms with Crippen LogP contribution >= 0.6 is 34.5 Å². The first-order chi connectivity index (χ1) is 8.74. The van der Waals surface area contributed by atoms with Crippen LogP contribution in [0.25, 0.3) is 10.2 Å². The molecule has 0 aliphatic carbocycles. The summed E-state index contributed by atoms with van der Waals surface area (Å²) in [6, 6.07) is 1.76. The van der Waals surface area contributed by atoms with Gasteiger partial charge in [-0.15, -0.1) is 11.3 Å². The van der Waals surface area contributed by atoms with E-state index < -0.39 is 0 Å². The van der Waals surface area contributed by atoms with E-state index in [1.807, 2.05) is 5.38 Å². The van der Waals surface area contributed by atoms with Gasteiger partial charge in [-0.05, 0) is 0 Å². The quantitative estimate of drug-likeness (QED) is 0.736. The highest BCUT2D eigenvalue weighted by Crippen LogP contribution is 2.35. The molecule has 0 saturated carbocycles. The number of fused-ring (bicyclic) bond motifs is 1. The molecule has 3 aromatic rings. The highest BCUT2D eigenvalue weighted by Gasteiger charge is 2.10. The minimum atomic E-state index is 0.401. The van der Waals surface area contributed by atoms with Crippen molar-refractivity contribution in [3.63, 3.8) is 0 Å². The maximum atomic E-state index is 6.05. The number of aromatic nitrogens is 2. The van der Waals surface area contributed by atoms with Crippen LogP contribution in [0.2, 0.25) is 10.2 Å². The second-order valence-electron chi connectivity index (χ2n) is 3.53. The first-order valence-corrected chi connectivity index (χ1v) is 6.73. The van der Waals surface area contributed by atoms with E-state index in [-0.39, 0.29) is 0 Å². The molecule has 7 heteroatoms. The van der Waals surface area contributed by atoms with Gasteiger partial charge in [0.2, 0.25) is 5.89 Å². The van der Waals surface area contributed by atoms with Gasteiger partial charge in [0.1, 0.15) is 16.9 Å². The van der Waals surface area contributed by atoms with Crippen molar-refractivity contribution in [3.8, 4) is 0 Å². The number of oxazole rings is 1. The van der Waals surface area contributed by atoms with Crippen molar-refractivity contribution in [2.75, 3.05) is 5.32 Å². The Bertz CT molecular complexity index is 681. The summed E-state index contributed by atoms with van der Waals surface area (Å²) in [5.41, 5.74) is 1.59. The lowest BCUT2D eigenvalue weighted by molar-refractivity contribution is 0.504. The Morgan fingerprint density at radius 3 is 3.06 bits per heavy atom. The zero-order valence-corrected chi connectivity index (χ0v) is 11.3. The molecule has 3 aromatic heterocycles. The van der Waals surface area contributed by atoms with Crippen molar-refractivity contribution >= 4 is 50.4 Å². The van der Waals surface area contributed by atoms with Crippen molar-refractivity contribution in [1.29, 1.82) is 0 Å². The number of pyridine rings is 1. The SMILES string of the molecule is Clc1cc(NCc2ncco2)c2scc(Cl)c2n1. The van der Waals surface area contributed by atoms with Gasteiger partial charge in [0.05, 0.1) is 28.2 Å². The molecule has 0 saturated heterocycles. The number of hydrogen-bond acceptors (Lipinski definition) is 5. The molecular weight excluding hydrogens is 293 g/mol. The van der Waals surface area contributed by atoms with Gasteiger partial charge in [-0.1, -0.05) is 23.2 Å². The molecule has 4 nitrogen and oxygen atoms in total. The molecular formula is C11H7Cl2N3OS. The van der Waals surface area contributed by atoms with Crippen LogP contribution in [-0.4, -0.2) is 9.97 Å². The van der Waals surface area contributed by atoms with E-state index in [1.165, 1.54) is 17.6 Å². The average molecular weight is 300 g/mol. The summed E-state index contributed by atoms with van der Waals surface area (Å²) in [4.78, 5) is 8.24. The van der Waals surface area contributed by atoms with E-state index in [4.69, 9.17) is 27.6 Å². The molecule has 1 N–H and O–H groups in total. The van der Waals surface area contributed by atoms with Crippen LogP contribution in [0.1, 0.15) is 5.89 Å². The Morgan fingerprint density at radius 2 is 2.28 bits per heavy atom. The highest BCUT2D eigenvalue weighted by molar-refractivity contribution is 7.18. The minimum Gasteiger partial charge on any atom is -0.447 e. The molecule has 0 radical (unpaired) electrons. The normalized spacial score (nSPS) is 11.0. The van der Waals surface area contributed by atoms with Crippen LogP contribution in [0.4, 0.5) is 5.69 Å². The summed E-state index contributed by atoms with van der Waals surface area (Å²) >= 11 is 13.5. The number of rotatable bonds is 3. The number of nitrogens with one attached hydrogen (secondary N) is 1. The fourth-order valence-corrected chi connectivity index (χ4v) is 2.97. The lowest BCUT2D eigenvalue weighted by Crippen LogP contribution is -2.00. The van der Waals surface area contributed by atoms with Gasteiger partial charge >= 0.3 is 0 Å². The first-order valence-electron chi connectivity index (χ1n) is 5.09. The zero-order chi connectivity index (χ0) is 12.5. The number of halogens is 2. The molecule has 3 heterocycles. The van der Waals surface area contributed by atoms with E-state index >= 15 is 0 Å². The molecule has 0 spiro atoms. The minimum absolute atomic E-state index is 0.401. The second-order valence-corrected chi connectivity index (χ2v) is 5.21. The molecule has 0 atom stereocenters. The van der Waals surface area contributed by atoms with Crippen LogP contribution in [0.15, 0.2) is 28.3 Å². The predicted molar refractivity (Wildman–Crippen MR) is 73.5 cm³/mol. The van der Waals surface area contributed by atoms with Gasteiger partial charge in [0.25, 0.3) is 0 Å². The molecule has 0 unspecified atom stereocenters. The molecule has 0 aromatic carbocycles. The first kappa shape index (κ1) is 11.8. The number of anilines is 1. The lowest BCUT2D eigenvalue weighted by atomic mass is 10.3. The molecule has 0 aliphatic rings. The van der Waals surface area contributed by atoms with Crippen molar-refractivity contribution in [3.05, 3.63) is 40.0 Å². The third-order valence-corrected chi connectivity index (χ3v) is 3.98. The van der Waals surface area contributed by atoms with Crippen LogP contribution in [0.3, 0.4) is 0 Å². The van der Waals surface area contributed by atoms with Gasteiger partial charge < -0.3 is 9.73 Å². The standard InChI is InChI=1S/C11H7Cl2N3OS/c12-6-5-18-11-7(3-8(13)16-10(6)11)15-4-9-14-1-2-17-9/h1-3,5H,4H2,(H,15,16). The molecule has 18 heavy (non-hydrogen) atoms.